The Morgan fingerprint density at radius 1 is 0.938 bits per heavy atom. The summed E-state index contributed by atoms with van der Waals surface area (Å²) in [6.07, 6.45) is 3.02. The Morgan fingerprint density at radius 2 is 1.66 bits per heavy atom. The number of likely N-dealkylation sites (tertiary alicyclic amines) is 1. The van der Waals surface area contributed by atoms with Crippen molar-refractivity contribution in [3.63, 3.8) is 0 Å². The molecule has 0 aromatic heterocycles. The number of primary amides is 1. The third-order valence-electron chi connectivity index (χ3n) is 7.61. The molecule has 0 saturated carbocycles. The van der Waals surface area contributed by atoms with Crippen LogP contribution < -0.4 is 10.6 Å². The Labute approximate surface area is 187 Å². The minimum absolute atomic E-state index is 0.0292. The first-order chi connectivity index (χ1) is 15.6. The number of rotatable bonds is 4. The van der Waals surface area contributed by atoms with Gasteiger partial charge in [-0.3, -0.25) is 14.5 Å². The van der Waals surface area contributed by atoms with E-state index in [1.54, 1.807) is 0 Å². The second kappa shape index (κ2) is 7.45. The van der Waals surface area contributed by atoms with Gasteiger partial charge in [0.05, 0.1) is 5.92 Å². The van der Waals surface area contributed by atoms with E-state index in [-0.39, 0.29) is 18.4 Å². The predicted molar refractivity (Wildman–Crippen MR) is 125 cm³/mol. The van der Waals surface area contributed by atoms with Crippen LogP contribution in [0.3, 0.4) is 0 Å². The highest BCUT2D eigenvalue weighted by molar-refractivity contribution is 6.07. The molecule has 32 heavy (non-hydrogen) atoms. The molecule has 0 spiro atoms. The van der Waals surface area contributed by atoms with Crippen molar-refractivity contribution in [2.75, 3.05) is 18.0 Å². The maximum absolute atomic E-state index is 13.3. The lowest BCUT2D eigenvalue weighted by Gasteiger charge is -2.40. The maximum atomic E-state index is 13.3. The van der Waals surface area contributed by atoms with E-state index in [2.05, 4.69) is 41.3 Å². The molecule has 2 aliphatic heterocycles. The highest BCUT2D eigenvalue weighted by Gasteiger charge is 2.42. The fraction of sp³-hybridized carbons (Fsp3) is 0.333. The Balaban J connectivity index is 1.22. The van der Waals surface area contributed by atoms with Crippen molar-refractivity contribution in [2.45, 2.75) is 43.7 Å². The lowest BCUT2D eigenvalue weighted by atomic mass is 9.97. The van der Waals surface area contributed by atoms with Crippen LogP contribution in [-0.4, -0.2) is 35.8 Å². The number of amides is 2. The summed E-state index contributed by atoms with van der Waals surface area (Å²) in [5.74, 6) is -0.838. The summed E-state index contributed by atoms with van der Waals surface area (Å²) >= 11 is 0. The van der Waals surface area contributed by atoms with Crippen LogP contribution in [-0.2, 0) is 16.0 Å². The van der Waals surface area contributed by atoms with Gasteiger partial charge in [0.2, 0.25) is 11.8 Å². The standard InChI is InChI=1S/C27H27N3O2/c28-25(31)16-22-20-8-1-2-10-23(20)30(27(22)32)19-11-13-29(14-12-19)24-15-18-7-3-5-17-6-4-9-21(24)26(17)18/h1-10,19,22,24H,11-16H2,(H2,28,31). The second-order valence-electron chi connectivity index (χ2n) is 9.34. The van der Waals surface area contributed by atoms with Crippen molar-refractivity contribution in [2.24, 2.45) is 5.73 Å². The van der Waals surface area contributed by atoms with Crippen LogP contribution in [0.4, 0.5) is 5.69 Å². The minimum Gasteiger partial charge on any atom is -0.370 e. The number of hydrogen-bond donors (Lipinski definition) is 1. The van der Waals surface area contributed by atoms with Crippen LogP contribution in [0.1, 0.15) is 47.9 Å². The van der Waals surface area contributed by atoms with Gasteiger partial charge in [-0.05, 0) is 52.8 Å². The van der Waals surface area contributed by atoms with Gasteiger partial charge >= 0.3 is 0 Å². The molecular formula is C27H27N3O2. The quantitative estimate of drug-likeness (QED) is 0.689. The Morgan fingerprint density at radius 3 is 2.44 bits per heavy atom. The largest absolute Gasteiger partial charge is 0.370 e. The highest BCUT2D eigenvalue weighted by atomic mass is 16.2. The number of anilines is 1. The first kappa shape index (κ1) is 19.5. The average molecular weight is 426 g/mol. The van der Waals surface area contributed by atoms with Gasteiger partial charge in [0.1, 0.15) is 0 Å². The molecule has 1 aliphatic carbocycles. The number of hydrogen-bond acceptors (Lipinski definition) is 3. The smallest absolute Gasteiger partial charge is 0.235 e. The number of piperidine rings is 1. The molecule has 2 unspecified atom stereocenters. The van der Waals surface area contributed by atoms with E-state index in [1.165, 1.54) is 21.9 Å². The molecule has 1 fully saturated rings. The molecule has 5 heteroatoms. The van der Waals surface area contributed by atoms with Gasteiger partial charge in [0.15, 0.2) is 0 Å². The molecule has 2 heterocycles. The van der Waals surface area contributed by atoms with Gasteiger partial charge < -0.3 is 10.6 Å². The SMILES string of the molecule is NC(=O)CC1C(=O)N(C2CCN(C3Cc4cccc5cccc3c45)CC2)c2ccccc21. The van der Waals surface area contributed by atoms with E-state index in [0.717, 1.165) is 43.6 Å². The topological polar surface area (TPSA) is 66.6 Å². The molecule has 162 valence electrons. The van der Waals surface area contributed by atoms with E-state index in [0.29, 0.717) is 6.04 Å². The summed E-state index contributed by atoms with van der Waals surface area (Å²) < 4.78 is 0. The van der Waals surface area contributed by atoms with Gasteiger partial charge in [0, 0.05) is 37.3 Å². The fourth-order valence-corrected chi connectivity index (χ4v) is 6.19. The molecule has 2 N–H and O–H groups in total. The molecule has 0 radical (unpaired) electrons. The number of nitrogens with two attached hydrogens (primary N) is 1. The molecule has 2 atom stereocenters. The number of fused-ring (bicyclic) bond motifs is 1. The van der Waals surface area contributed by atoms with Gasteiger partial charge in [-0.25, -0.2) is 0 Å². The Hall–Kier alpha value is -3.18. The van der Waals surface area contributed by atoms with E-state index in [4.69, 9.17) is 5.73 Å². The summed E-state index contributed by atoms with van der Waals surface area (Å²) in [6, 6.07) is 21.7. The summed E-state index contributed by atoms with van der Waals surface area (Å²) in [7, 11) is 0. The average Bonchev–Trinajstić information content (AvgIpc) is 3.31. The Bertz CT molecular complexity index is 1220. The fourth-order valence-electron chi connectivity index (χ4n) is 6.19. The zero-order chi connectivity index (χ0) is 21.8. The number of para-hydroxylation sites is 1. The first-order valence-corrected chi connectivity index (χ1v) is 11.6. The van der Waals surface area contributed by atoms with Gasteiger partial charge in [-0.15, -0.1) is 0 Å². The lowest BCUT2D eigenvalue weighted by Crippen LogP contribution is -2.47. The molecule has 2 amide bonds. The van der Waals surface area contributed by atoms with Crippen LogP contribution in [0.2, 0.25) is 0 Å². The molecule has 1 saturated heterocycles. The molecular weight excluding hydrogens is 398 g/mol. The highest BCUT2D eigenvalue weighted by Crippen LogP contribution is 2.44. The summed E-state index contributed by atoms with van der Waals surface area (Å²) in [6.45, 7) is 1.93. The van der Waals surface area contributed by atoms with E-state index < -0.39 is 11.8 Å². The van der Waals surface area contributed by atoms with Crippen LogP contribution in [0.5, 0.6) is 0 Å². The van der Waals surface area contributed by atoms with Crippen molar-refractivity contribution in [1.29, 1.82) is 0 Å². The summed E-state index contributed by atoms with van der Waals surface area (Å²) in [5.41, 5.74) is 10.2. The first-order valence-electron chi connectivity index (χ1n) is 11.6. The summed E-state index contributed by atoms with van der Waals surface area (Å²) in [5, 5.41) is 2.76. The third-order valence-corrected chi connectivity index (χ3v) is 7.61. The van der Waals surface area contributed by atoms with Crippen molar-refractivity contribution in [1.82, 2.24) is 4.90 Å². The lowest BCUT2D eigenvalue weighted by molar-refractivity contribution is -0.124. The van der Waals surface area contributed by atoms with E-state index >= 15 is 0 Å². The predicted octanol–water partition coefficient (Wildman–Crippen LogP) is 3.91. The van der Waals surface area contributed by atoms with E-state index in [9.17, 15) is 9.59 Å². The van der Waals surface area contributed by atoms with Gasteiger partial charge in [0.25, 0.3) is 0 Å². The Kier molecular flexibility index (Phi) is 4.54. The zero-order valence-corrected chi connectivity index (χ0v) is 18.0. The van der Waals surface area contributed by atoms with Crippen LogP contribution in [0.25, 0.3) is 10.8 Å². The number of nitrogens with zero attached hydrogens (tertiary/aromatic N) is 2. The molecule has 5 nitrogen and oxygen atoms in total. The molecule has 3 aromatic carbocycles. The number of carbonyl (C=O) groups is 2. The number of carbonyl (C=O) groups excluding carboxylic acids is 2. The monoisotopic (exact) mass is 425 g/mol. The van der Waals surface area contributed by atoms with Crippen LogP contribution >= 0.6 is 0 Å². The molecule has 6 rings (SSSR count). The van der Waals surface area contributed by atoms with Gasteiger partial charge in [-0.2, -0.15) is 0 Å². The zero-order valence-electron chi connectivity index (χ0n) is 18.0. The van der Waals surface area contributed by atoms with E-state index in [1.807, 2.05) is 29.2 Å². The second-order valence-corrected chi connectivity index (χ2v) is 9.34. The van der Waals surface area contributed by atoms with Crippen molar-refractivity contribution in [3.05, 3.63) is 77.4 Å². The van der Waals surface area contributed by atoms with Crippen LogP contribution in [0, 0.1) is 0 Å². The maximum Gasteiger partial charge on any atom is 0.235 e. The number of benzene rings is 3. The normalized spacial score (nSPS) is 23.1. The molecule has 3 aromatic rings. The van der Waals surface area contributed by atoms with Crippen molar-refractivity contribution >= 4 is 28.3 Å². The molecule has 0 bridgehead atoms. The molecule has 3 aliphatic rings. The summed E-state index contributed by atoms with van der Waals surface area (Å²) in [4.78, 5) is 29.5. The third kappa shape index (κ3) is 2.95. The van der Waals surface area contributed by atoms with Crippen molar-refractivity contribution < 1.29 is 9.59 Å². The minimum atomic E-state index is -0.441. The van der Waals surface area contributed by atoms with Crippen molar-refractivity contribution in [3.8, 4) is 0 Å². The van der Waals surface area contributed by atoms with Crippen LogP contribution in [0.15, 0.2) is 60.7 Å². The van der Waals surface area contributed by atoms with Gasteiger partial charge in [-0.1, -0.05) is 54.6 Å².